The van der Waals surface area contributed by atoms with Crippen LogP contribution in [0.3, 0.4) is 0 Å². The Morgan fingerprint density at radius 1 is 1.05 bits per heavy atom. The molecule has 1 aromatic carbocycles. The van der Waals surface area contributed by atoms with E-state index in [2.05, 4.69) is 10.6 Å². The van der Waals surface area contributed by atoms with Gasteiger partial charge in [-0.1, -0.05) is 19.3 Å². The number of amides is 1. The predicted octanol–water partition coefficient (Wildman–Crippen LogP) is 3.32. The molecular weight excluding hydrogens is 276 g/mol. The standard InChI is InChI=1S/C18H28N2O2/c21-14-6-2-5-13-19-16-11-9-15(10-12-16)18(22)20-17-7-3-1-4-8-17/h9-12,17,19,21H,1-8,13-14H2,(H,20,22). The molecule has 0 radical (unpaired) electrons. The van der Waals surface area contributed by atoms with Crippen LogP contribution in [0.1, 0.15) is 61.7 Å². The van der Waals surface area contributed by atoms with Crippen molar-refractivity contribution in [1.29, 1.82) is 0 Å². The molecule has 1 aliphatic rings. The minimum absolute atomic E-state index is 0.0430. The number of nitrogens with one attached hydrogen (secondary N) is 2. The fourth-order valence-electron chi connectivity index (χ4n) is 2.90. The fraction of sp³-hybridized carbons (Fsp3) is 0.611. The summed E-state index contributed by atoms with van der Waals surface area (Å²) in [5, 5.41) is 15.2. The van der Waals surface area contributed by atoms with Crippen molar-refractivity contribution in [3.63, 3.8) is 0 Å². The van der Waals surface area contributed by atoms with Crippen LogP contribution in [0.15, 0.2) is 24.3 Å². The van der Waals surface area contributed by atoms with E-state index in [9.17, 15) is 4.79 Å². The van der Waals surface area contributed by atoms with Gasteiger partial charge in [0, 0.05) is 30.4 Å². The summed E-state index contributed by atoms with van der Waals surface area (Å²) in [7, 11) is 0. The number of aliphatic hydroxyl groups is 1. The van der Waals surface area contributed by atoms with Crippen LogP contribution in [0.2, 0.25) is 0 Å². The van der Waals surface area contributed by atoms with Crippen molar-refractivity contribution in [3.05, 3.63) is 29.8 Å². The number of carbonyl (C=O) groups excluding carboxylic acids is 1. The predicted molar refractivity (Wildman–Crippen MR) is 90.2 cm³/mol. The van der Waals surface area contributed by atoms with Crippen LogP contribution >= 0.6 is 0 Å². The van der Waals surface area contributed by atoms with Crippen LogP contribution in [0, 0.1) is 0 Å². The summed E-state index contributed by atoms with van der Waals surface area (Å²) in [4.78, 5) is 12.2. The first kappa shape index (κ1) is 16.8. The molecule has 22 heavy (non-hydrogen) atoms. The highest BCUT2D eigenvalue weighted by molar-refractivity contribution is 5.94. The molecule has 0 saturated heterocycles. The van der Waals surface area contributed by atoms with E-state index < -0.39 is 0 Å². The van der Waals surface area contributed by atoms with E-state index in [-0.39, 0.29) is 12.5 Å². The van der Waals surface area contributed by atoms with E-state index in [0.29, 0.717) is 6.04 Å². The monoisotopic (exact) mass is 304 g/mol. The van der Waals surface area contributed by atoms with E-state index in [0.717, 1.165) is 49.9 Å². The Hall–Kier alpha value is -1.55. The van der Waals surface area contributed by atoms with Gasteiger partial charge in [-0.2, -0.15) is 0 Å². The number of aliphatic hydroxyl groups excluding tert-OH is 1. The molecule has 0 atom stereocenters. The molecule has 1 aromatic rings. The van der Waals surface area contributed by atoms with Gasteiger partial charge < -0.3 is 15.7 Å². The molecule has 0 aliphatic heterocycles. The van der Waals surface area contributed by atoms with Crippen molar-refractivity contribution in [2.75, 3.05) is 18.5 Å². The molecule has 4 heteroatoms. The van der Waals surface area contributed by atoms with Crippen LogP contribution in [0.25, 0.3) is 0 Å². The van der Waals surface area contributed by atoms with Crippen molar-refractivity contribution in [2.24, 2.45) is 0 Å². The van der Waals surface area contributed by atoms with E-state index in [1.807, 2.05) is 24.3 Å². The molecule has 4 nitrogen and oxygen atoms in total. The first-order chi connectivity index (χ1) is 10.8. The van der Waals surface area contributed by atoms with Gasteiger partial charge in [-0.3, -0.25) is 4.79 Å². The second-order valence-corrected chi connectivity index (χ2v) is 6.10. The third-order valence-electron chi connectivity index (χ3n) is 4.25. The second-order valence-electron chi connectivity index (χ2n) is 6.10. The lowest BCUT2D eigenvalue weighted by Crippen LogP contribution is -2.36. The molecule has 0 spiro atoms. The molecule has 0 aromatic heterocycles. The maximum absolute atomic E-state index is 12.2. The molecule has 1 amide bonds. The Morgan fingerprint density at radius 3 is 2.45 bits per heavy atom. The minimum atomic E-state index is 0.0430. The molecule has 1 aliphatic carbocycles. The van der Waals surface area contributed by atoms with Gasteiger partial charge in [-0.05, 0) is 56.4 Å². The molecule has 0 heterocycles. The smallest absolute Gasteiger partial charge is 0.251 e. The Labute approximate surface area is 133 Å². The summed E-state index contributed by atoms with van der Waals surface area (Å²) in [6, 6.07) is 8.04. The Balaban J connectivity index is 1.74. The Bertz CT molecular complexity index is 439. The van der Waals surface area contributed by atoms with Crippen molar-refractivity contribution < 1.29 is 9.90 Å². The molecule has 2 rings (SSSR count). The molecule has 122 valence electrons. The van der Waals surface area contributed by atoms with Crippen molar-refractivity contribution in [3.8, 4) is 0 Å². The first-order valence-electron chi connectivity index (χ1n) is 8.55. The number of hydrogen-bond acceptors (Lipinski definition) is 3. The lowest BCUT2D eigenvalue weighted by atomic mass is 9.95. The molecule has 0 unspecified atom stereocenters. The topological polar surface area (TPSA) is 61.4 Å². The number of hydrogen-bond donors (Lipinski definition) is 3. The Morgan fingerprint density at radius 2 is 1.77 bits per heavy atom. The zero-order valence-corrected chi connectivity index (χ0v) is 13.3. The highest BCUT2D eigenvalue weighted by atomic mass is 16.2. The van der Waals surface area contributed by atoms with Crippen LogP contribution in [0.5, 0.6) is 0 Å². The lowest BCUT2D eigenvalue weighted by Gasteiger charge is -2.22. The highest BCUT2D eigenvalue weighted by Crippen LogP contribution is 2.18. The molecule has 1 saturated carbocycles. The van der Waals surface area contributed by atoms with Gasteiger partial charge in [-0.15, -0.1) is 0 Å². The summed E-state index contributed by atoms with van der Waals surface area (Å²) in [6.07, 6.45) is 8.91. The molecule has 3 N–H and O–H groups in total. The third-order valence-corrected chi connectivity index (χ3v) is 4.25. The van der Waals surface area contributed by atoms with Gasteiger partial charge in [0.05, 0.1) is 0 Å². The maximum atomic E-state index is 12.2. The first-order valence-corrected chi connectivity index (χ1v) is 8.55. The van der Waals surface area contributed by atoms with Crippen molar-refractivity contribution in [1.82, 2.24) is 5.32 Å². The number of unbranched alkanes of at least 4 members (excludes halogenated alkanes) is 2. The van der Waals surface area contributed by atoms with Gasteiger partial charge in [0.1, 0.15) is 0 Å². The number of benzene rings is 1. The maximum Gasteiger partial charge on any atom is 0.251 e. The van der Waals surface area contributed by atoms with Gasteiger partial charge in [0.15, 0.2) is 0 Å². The molecular formula is C18H28N2O2. The van der Waals surface area contributed by atoms with Crippen LogP contribution in [-0.2, 0) is 0 Å². The zero-order chi connectivity index (χ0) is 15.6. The minimum Gasteiger partial charge on any atom is -0.396 e. The van der Waals surface area contributed by atoms with Crippen LogP contribution in [0.4, 0.5) is 5.69 Å². The van der Waals surface area contributed by atoms with E-state index in [4.69, 9.17) is 5.11 Å². The number of rotatable bonds is 8. The number of anilines is 1. The normalized spacial score (nSPS) is 15.5. The zero-order valence-electron chi connectivity index (χ0n) is 13.3. The SMILES string of the molecule is O=C(NC1CCCCC1)c1ccc(NCCCCCO)cc1. The third kappa shape index (κ3) is 5.68. The summed E-state index contributed by atoms with van der Waals surface area (Å²) >= 11 is 0. The van der Waals surface area contributed by atoms with Crippen molar-refractivity contribution in [2.45, 2.75) is 57.4 Å². The highest BCUT2D eigenvalue weighted by Gasteiger charge is 2.16. The summed E-state index contributed by atoms with van der Waals surface area (Å²) in [5.74, 6) is 0.0430. The summed E-state index contributed by atoms with van der Waals surface area (Å²) in [6.45, 7) is 1.17. The summed E-state index contributed by atoms with van der Waals surface area (Å²) < 4.78 is 0. The number of carbonyl (C=O) groups is 1. The van der Waals surface area contributed by atoms with E-state index >= 15 is 0 Å². The fourth-order valence-corrected chi connectivity index (χ4v) is 2.90. The second kappa shape index (κ2) is 9.46. The lowest BCUT2D eigenvalue weighted by molar-refractivity contribution is 0.0927. The van der Waals surface area contributed by atoms with Gasteiger partial charge >= 0.3 is 0 Å². The molecule has 1 fully saturated rings. The quantitative estimate of drug-likeness (QED) is 0.646. The summed E-state index contributed by atoms with van der Waals surface area (Å²) in [5.41, 5.74) is 1.77. The van der Waals surface area contributed by atoms with Gasteiger partial charge in [0.25, 0.3) is 5.91 Å². The molecule has 0 bridgehead atoms. The largest absolute Gasteiger partial charge is 0.396 e. The van der Waals surface area contributed by atoms with Gasteiger partial charge in [-0.25, -0.2) is 0 Å². The van der Waals surface area contributed by atoms with Crippen LogP contribution in [-0.4, -0.2) is 30.2 Å². The average Bonchev–Trinajstić information content (AvgIpc) is 2.56. The van der Waals surface area contributed by atoms with Crippen molar-refractivity contribution >= 4 is 11.6 Å². The van der Waals surface area contributed by atoms with E-state index in [1.54, 1.807) is 0 Å². The van der Waals surface area contributed by atoms with Crippen LogP contribution < -0.4 is 10.6 Å². The van der Waals surface area contributed by atoms with Gasteiger partial charge in [0.2, 0.25) is 0 Å². The Kier molecular flexibility index (Phi) is 7.23. The van der Waals surface area contributed by atoms with E-state index in [1.165, 1.54) is 19.3 Å². The average molecular weight is 304 g/mol.